The van der Waals surface area contributed by atoms with Crippen LogP contribution in [0.5, 0.6) is 0 Å². The maximum absolute atomic E-state index is 13.2. The summed E-state index contributed by atoms with van der Waals surface area (Å²) >= 11 is 0. The SMILES string of the molecule is Cc1c(CC(=O)N2CCN(CCc3ccncc3)CC2)c(=O)oc2cc3occ(C(C)(C)C)c3cc12. The van der Waals surface area contributed by atoms with Gasteiger partial charge in [0.1, 0.15) is 11.2 Å². The molecule has 0 N–H and O–H groups in total. The molecule has 1 saturated heterocycles. The van der Waals surface area contributed by atoms with Gasteiger partial charge < -0.3 is 13.7 Å². The maximum Gasteiger partial charge on any atom is 0.340 e. The molecule has 7 heteroatoms. The van der Waals surface area contributed by atoms with Crippen LogP contribution in [0.1, 0.15) is 43.0 Å². The maximum atomic E-state index is 13.2. The van der Waals surface area contributed by atoms with E-state index in [4.69, 9.17) is 8.83 Å². The minimum absolute atomic E-state index is 0.0293. The van der Waals surface area contributed by atoms with Crippen molar-refractivity contribution in [2.24, 2.45) is 0 Å². The fourth-order valence-corrected chi connectivity index (χ4v) is 5.02. The molecule has 0 unspecified atom stereocenters. The predicted molar refractivity (Wildman–Crippen MR) is 140 cm³/mol. The second kappa shape index (κ2) is 9.54. The fourth-order valence-electron chi connectivity index (χ4n) is 5.02. The van der Waals surface area contributed by atoms with E-state index in [-0.39, 0.29) is 17.7 Å². The summed E-state index contributed by atoms with van der Waals surface area (Å²) in [7, 11) is 0. The molecule has 0 spiro atoms. The summed E-state index contributed by atoms with van der Waals surface area (Å²) in [6.07, 6.45) is 6.43. The number of carbonyl (C=O) groups excluding carboxylic acids is 1. The number of pyridine rings is 1. The van der Waals surface area contributed by atoms with Gasteiger partial charge in [0.05, 0.1) is 18.2 Å². The van der Waals surface area contributed by atoms with E-state index >= 15 is 0 Å². The van der Waals surface area contributed by atoms with E-state index in [0.717, 1.165) is 48.0 Å². The molecule has 36 heavy (non-hydrogen) atoms. The van der Waals surface area contributed by atoms with Gasteiger partial charge in [0.15, 0.2) is 0 Å². The van der Waals surface area contributed by atoms with Crippen LogP contribution in [-0.2, 0) is 23.1 Å². The molecular formula is C29H33N3O4. The second-order valence-electron chi connectivity index (χ2n) is 10.7. The van der Waals surface area contributed by atoms with Crippen molar-refractivity contribution in [1.82, 2.24) is 14.8 Å². The zero-order valence-corrected chi connectivity index (χ0v) is 21.5. The summed E-state index contributed by atoms with van der Waals surface area (Å²) in [5, 5.41) is 1.85. The first-order chi connectivity index (χ1) is 17.2. The molecule has 3 aromatic heterocycles. The van der Waals surface area contributed by atoms with Gasteiger partial charge in [-0.05, 0) is 48.1 Å². The highest BCUT2D eigenvalue weighted by Crippen LogP contribution is 2.35. The highest BCUT2D eigenvalue weighted by molar-refractivity contribution is 5.97. The summed E-state index contributed by atoms with van der Waals surface area (Å²) in [4.78, 5) is 34.3. The lowest BCUT2D eigenvalue weighted by atomic mass is 9.86. The third-order valence-corrected chi connectivity index (χ3v) is 7.31. The average Bonchev–Trinajstić information content (AvgIpc) is 3.28. The van der Waals surface area contributed by atoms with Crippen molar-refractivity contribution in [3.63, 3.8) is 0 Å². The van der Waals surface area contributed by atoms with Crippen molar-refractivity contribution in [2.45, 2.75) is 46.0 Å². The van der Waals surface area contributed by atoms with E-state index in [1.807, 2.05) is 42.4 Å². The molecule has 1 amide bonds. The summed E-state index contributed by atoms with van der Waals surface area (Å²) in [6, 6.07) is 7.89. The van der Waals surface area contributed by atoms with Crippen molar-refractivity contribution in [3.05, 3.63) is 75.6 Å². The molecule has 1 aromatic carbocycles. The van der Waals surface area contributed by atoms with Crippen LogP contribution >= 0.6 is 0 Å². The number of fused-ring (bicyclic) bond motifs is 2. The van der Waals surface area contributed by atoms with Gasteiger partial charge in [-0.15, -0.1) is 0 Å². The molecule has 188 valence electrons. The smallest absolute Gasteiger partial charge is 0.340 e. The number of aryl methyl sites for hydroxylation is 1. The Morgan fingerprint density at radius 3 is 2.44 bits per heavy atom. The Kier molecular flexibility index (Phi) is 6.43. The quantitative estimate of drug-likeness (QED) is 0.387. The third kappa shape index (κ3) is 4.80. The number of nitrogens with zero attached hydrogens (tertiary/aromatic N) is 3. The van der Waals surface area contributed by atoms with Crippen LogP contribution in [0.4, 0.5) is 0 Å². The highest BCUT2D eigenvalue weighted by Gasteiger charge is 2.25. The Hall–Kier alpha value is -3.45. The molecule has 0 aliphatic carbocycles. The van der Waals surface area contributed by atoms with E-state index < -0.39 is 5.63 Å². The van der Waals surface area contributed by atoms with Crippen LogP contribution in [0.2, 0.25) is 0 Å². The number of furan rings is 1. The number of piperazine rings is 1. The van der Waals surface area contributed by atoms with Gasteiger partial charge in [-0.2, -0.15) is 0 Å². The van der Waals surface area contributed by atoms with Gasteiger partial charge in [0.2, 0.25) is 5.91 Å². The Bertz CT molecular complexity index is 1460. The normalized spacial score (nSPS) is 15.2. The van der Waals surface area contributed by atoms with Crippen LogP contribution in [-0.4, -0.2) is 53.4 Å². The zero-order valence-electron chi connectivity index (χ0n) is 21.5. The lowest BCUT2D eigenvalue weighted by Gasteiger charge is -2.34. The monoisotopic (exact) mass is 487 g/mol. The van der Waals surface area contributed by atoms with Gasteiger partial charge in [-0.25, -0.2) is 4.79 Å². The Morgan fingerprint density at radius 1 is 1.03 bits per heavy atom. The number of hydrogen-bond donors (Lipinski definition) is 0. The first-order valence-electron chi connectivity index (χ1n) is 12.6. The number of hydrogen-bond acceptors (Lipinski definition) is 6. The lowest BCUT2D eigenvalue weighted by Crippen LogP contribution is -2.49. The topological polar surface area (TPSA) is 79.8 Å². The van der Waals surface area contributed by atoms with E-state index in [0.29, 0.717) is 29.8 Å². The molecule has 4 aromatic rings. The van der Waals surface area contributed by atoms with Gasteiger partial charge in [0, 0.05) is 67.5 Å². The number of aromatic nitrogens is 1. The summed E-state index contributed by atoms with van der Waals surface area (Å²) in [5.74, 6) is -0.0293. The molecule has 0 atom stereocenters. The van der Waals surface area contributed by atoms with Gasteiger partial charge in [-0.1, -0.05) is 20.8 Å². The molecule has 4 heterocycles. The third-order valence-electron chi connectivity index (χ3n) is 7.31. The van der Waals surface area contributed by atoms with Crippen molar-refractivity contribution >= 4 is 27.8 Å². The van der Waals surface area contributed by atoms with E-state index in [1.54, 1.807) is 12.3 Å². The molecule has 7 nitrogen and oxygen atoms in total. The molecule has 0 bridgehead atoms. The summed E-state index contributed by atoms with van der Waals surface area (Å²) < 4.78 is 11.4. The molecule has 1 fully saturated rings. The number of rotatable bonds is 5. The Balaban J connectivity index is 1.30. The van der Waals surface area contributed by atoms with Crippen molar-refractivity contribution < 1.29 is 13.6 Å². The molecule has 0 radical (unpaired) electrons. The van der Waals surface area contributed by atoms with Gasteiger partial charge >= 0.3 is 5.63 Å². The second-order valence-corrected chi connectivity index (χ2v) is 10.7. The summed E-state index contributed by atoms with van der Waals surface area (Å²) in [5.41, 5.74) is 4.25. The number of benzene rings is 1. The minimum atomic E-state index is -0.453. The van der Waals surface area contributed by atoms with Gasteiger partial charge in [-0.3, -0.25) is 14.7 Å². The molecule has 1 aliphatic rings. The van der Waals surface area contributed by atoms with Crippen molar-refractivity contribution in [3.8, 4) is 0 Å². The minimum Gasteiger partial charge on any atom is -0.464 e. The average molecular weight is 488 g/mol. The van der Waals surface area contributed by atoms with Crippen LogP contribution in [0.25, 0.3) is 21.9 Å². The van der Waals surface area contributed by atoms with Crippen LogP contribution in [0.3, 0.4) is 0 Å². The van der Waals surface area contributed by atoms with E-state index in [9.17, 15) is 9.59 Å². The van der Waals surface area contributed by atoms with Crippen LogP contribution in [0.15, 0.2) is 56.6 Å². The molecule has 1 aliphatic heterocycles. The predicted octanol–water partition coefficient (Wildman–Crippen LogP) is 4.47. The Morgan fingerprint density at radius 2 is 1.75 bits per heavy atom. The first-order valence-corrected chi connectivity index (χ1v) is 12.6. The molecular weight excluding hydrogens is 454 g/mol. The fraction of sp³-hybridized carbons (Fsp3) is 0.414. The van der Waals surface area contributed by atoms with Crippen molar-refractivity contribution in [2.75, 3.05) is 32.7 Å². The largest absolute Gasteiger partial charge is 0.464 e. The summed E-state index contributed by atoms with van der Waals surface area (Å²) in [6.45, 7) is 12.3. The number of amides is 1. The number of carbonyl (C=O) groups is 1. The standard InChI is InChI=1S/C29H33N3O4/c1-19-21-15-23-24(29(2,3)4)18-35-25(23)17-26(21)36-28(34)22(19)16-27(33)32-13-11-31(12-14-32)10-7-20-5-8-30-9-6-20/h5-6,8-9,15,17-18H,7,10-14,16H2,1-4H3. The lowest BCUT2D eigenvalue weighted by molar-refractivity contribution is -0.132. The highest BCUT2D eigenvalue weighted by atomic mass is 16.4. The van der Waals surface area contributed by atoms with Crippen LogP contribution < -0.4 is 5.63 Å². The van der Waals surface area contributed by atoms with E-state index in [2.05, 4.69) is 30.7 Å². The molecule has 0 saturated carbocycles. The zero-order chi connectivity index (χ0) is 25.4. The van der Waals surface area contributed by atoms with Crippen LogP contribution in [0, 0.1) is 6.92 Å². The first kappa shape index (κ1) is 24.3. The Labute approximate surface area is 210 Å². The van der Waals surface area contributed by atoms with E-state index in [1.165, 1.54) is 5.56 Å². The van der Waals surface area contributed by atoms with Crippen molar-refractivity contribution in [1.29, 1.82) is 0 Å². The van der Waals surface area contributed by atoms with Gasteiger partial charge in [0.25, 0.3) is 0 Å². The molecule has 5 rings (SSSR count).